The highest BCUT2D eigenvalue weighted by Gasteiger charge is 2.30. The molecule has 1 aliphatic rings. The van der Waals surface area contributed by atoms with Gasteiger partial charge >= 0.3 is 11.5 Å². The predicted octanol–water partition coefficient (Wildman–Crippen LogP) is 4.20. The molecule has 1 aromatic rings. The Hall–Kier alpha value is -1.70. The van der Waals surface area contributed by atoms with Crippen molar-refractivity contribution in [3.8, 4) is 0 Å². The van der Waals surface area contributed by atoms with Crippen LogP contribution in [0.4, 0.5) is 18.0 Å². The summed E-state index contributed by atoms with van der Waals surface area (Å²) in [6.07, 6.45) is 5.01. The molecule has 1 aliphatic carbocycles. The molecule has 1 unspecified atom stereocenters. The maximum atomic E-state index is 12.5. The van der Waals surface area contributed by atoms with Gasteiger partial charge in [-0.3, -0.25) is 4.79 Å². The maximum absolute atomic E-state index is 12.5. The number of carbonyl (C=O) groups excluding carboxylic acids is 2. The molecule has 1 aromatic carbocycles. The molecular formula is C17H21F3N2O2S. The first-order valence-corrected chi connectivity index (χ1v) is 8.98. The first kappa shape index (κ1) is 19.6. The van der Waals surface area contributed by atoms with E-state index in [2.05, 4.69) is 5.32 Å². The van der Waals surface area contributed by atoms with Crippen molar-refractivity contribution in [1.82, 2.24) is 5.32 Å². The first-order valence-electron chi connectivity index (χ1n) is 8.16. The number of halogens is 3. The monoisotopic (exact) mass is 374 g/mol. The molecule has 0 radical (unpaired) electrons. The van der Waals surface area contributed by atoms with Crippen LogP contribution in [0.2, 0.25) is 0 Å². The standard InChI is InChI=1S/C17H21F3N2O2S/c18-17(19,20)25-13-7-5-12(6-8-13)14(9-11-3-1-2-4-11)15(23)10-22-16(21)24/h5-8,11,14H,1-4,9-10H2,(H3,21,22,24). The number of carbonyl (C=O) groups is 2. The largest absolute Gasteiger partial charge is 0.446 e. The van der Waals surface area contributed by atoms with Crippen molar-refractivity contribution in [2.45, 2.75) is 48.4 Å². The summed E-state index contributed by atoms with van der Waals surface area (Å²) < 4.78 is 37.3. The number of Topliss-reactive ketones (excluding diaryl/α,β-unsaturated/α-hetero) is 1. The van der Waals surface area contributed by atoms with Gasteiger partial charge in [-0.1, -0.05) is 37.8 Å². The lowest BCUT2D eigenvalue weighted by atomic mass is 9.85. The molecule has 0 spiro atoms. The Morgan fingerprint density at radius 3 is 2.32 bits per heavy atom. The quantitative estimate of drug-likeness (QED) is 0.703. The number of ketones is 1. The van der Waals surface area contributed by atoms with Crippen molar-refractivity contribution in [1.29, 1.82) is 0 Å². The number of amides is 2. The molecule has 0 aromatic heterocycles. The van der Waals surface area contributed by atoms with Crippen molar-refractivity contribution in [3.05, 3.63) is 29.8 Å². The Labute approximate surface area is 148 Å². The molecule has 3 N–H and O–H groups in total. The number of benzene rings is 1. The number of rotatable bonds is 7. The fourth-order valence-corrected chi connectivity index (χ4v) is 3.77. The molecule has 0 heterocycles. The van der Waals surface area contributed by atoms with Gasteiger partial charge in [-0.15, -0.1) is 0 Å². The third-order valence-electron chi connectivity index (χ3n) is 4.39. The minimum atomic E-state index is -4.34. The lowest BCUT2D eigenvalue weighted by Crippen LogP contribution is -2.36. The Morgan fingerprint density at radius 2 is 1.80 bits per heavy atom. The van der Waals surface area contributed by atoms with Crippen LogP contribution >= 0.6 is 11.8 Å². The summed E-state index contributed by atoms with van der Waals surface area (Å²) in [5.41, 5.74) is 1.34. The molecule has 4 nitrogen and oxygen atoms in total. The highest BCUT2D eigenvalue weighted by molar-refractivity contribution is 8.00. The highest BCUT2D eigenvalue weighted by atomic mass is 32.2. The van der Waals surface area contributed by atoms with Crippen LogP contribution in [0, 0.1) is 5.92 Å². The number of nitrogens with one attached hydrogen (secondary N) is 1. The van der Waals surface area contributed by atoms with E-state index in [-0.39, 0.29) is 29.0 Å². The van der Waals surface area contributed by atoms with Crippen LogP contribution in [0.25, 0.3) is 0 Å². The number of hydrogen-bond acceptors (Lipinski definition) is 3. The SMILES string of the molecule is NC(=O)NCC(=O)C(CC1CCCC1)c1ccc(SC(F)(F)F)cc1. The maximum Gasteiger partial charge on any atom is 0.446 e. The Balaban J connectivity index is 2.12. The molecule has 138 valence electrons. The highest BCUT2D eigenvalue weighted by Crippen LogP contribution is 2.38. The summed E-state index contributed by atoms with van der Waals surface area (Å²) >= 11 is -0.182. The van der Waals surface area contributed by atoms with Crippen LogP contribution < -0.4 is 11.1 Å². The fraction of sp³-hybridized carbons (Fsp3) is 0.529. The lowest BCUT2D eigenvalue weighted by molar-refractivity contribution is -0.119. The molecule has 1 fully saturated rings. The molecular weight excluding hydrogens is 353 g/mol. The average molecular weight is 374 g/mol. The van der Waals surface area contributed by atoms with Crippen LogP contribution in [-0.2, 0) is 4.79 Å². The van der Waals surface area contributed by atoms with E-state index in [9.17, 15) is 22.8 Å². The Bertz CT molecular complexity index is 599. The normalized spacial score (nSPS) is 16.6. The van der Waals surface area contributed by atoms with Gasteiger partial charge in [0, 0.05) is 10.8 Å². The van der Waals surface area contributed by atoms with E-state index in [1.807, 2.05) is 0 Å². The Kier molecular flexibility index (Phi) is 6.75. The summed E-state index contributed by atoms with van der Waals surface area (Å²) in [5.74, 6) is -0.200. The minimum absolute atomic E-state index is 0.0820. The van der Waals surface area contributed by atoms with E-state index >= 15 is 0 Å². The van der Waals surface area contributed by atoms with Crippen LogP contribution in [0.1, 0.15) is 43.6 Å². The lowest BCUT2D eigenvalue weighted by Gasteiger charge is -2.20. The van der Waals surface area contributed by atoms with Crippen molar-refractivity contribution in [2.75, 3.05) is 6.54 Å². The second-order valence-electron chi connectivity index (χ2n) is 6.24. The van der Waals surface area contributed by atoms with Crippen LogP contribution in [0.5, 0.6) is 0 Å². The number of alkyl halides is 3. The van der Waals surface area contributed by atoms with Gasteiger partial charge in [-0.05, 0) is 41.8 Å². The number of primary amides is 1. The number of hydrogen-bond donors (Lipinski definition) is 2. The zero-order valence-corrected chi connectivity index (χ0v) is 14.5. The van der Waals surface area contributed by atoms with Gasteiger partial charge in [0.25, 0.3) is 0 Å². The van der Waals surface area contributed by atoms with Crippen LogP contribution in [0.3, 0.4) is 0 Å². The molecule has 2 amide bonds. The summed E-state index contributed by atoms with van der Waals surface area (Å²) in [6.45, 7) is -0.175. The molecule has 0 saturated heterocycles. The second kappa shape index (κ2) is 8.60. The fourth-order valence-electron chi connectivity index (χ4n) is 3.23. The van der Waals surface area contributed by atoms with Gasteiger partial charge in [0.2, 0.25) is 0 Å². The minimum Gasteiger partial charge on any atom is -0.352 e. The average Bonchev–Trinajstić information content (AvgIpc) is 3.03. The molecule has 0 aliphatic heterocycles. The van der Waals surface area contributed by atoms with Crippen molar-refractivity contribution >= 4 is 23.6 Å². The number of nitrogens with two attached hydrogens (primary N) is 1. The van der Waals surface area contributed by atoms with E-state index in [1.165, 1.54) is 12.1 Å². The summed E-state index contributed by atoms with van der Waals surface area (Å²) in [5, 5.41) is 2.30. The van der Waals surface area contributed by atoms with E-state index in [4.69, 9.17) is 5.73 Å². The number of thioether (sulfide) groups is 1. The van der Waals surface area contributed by atoms with Crippen LogP contribution in [0.15, 0.2) is 29.2 Å². The molecule has 1 saturated carbocycles. The van der Waals surface area contributed by atoms with Gasteiger partial charge in [0.05, 0.1) is 6.54 Å². The van der Waals surface area contributed by atoms with Gasteiger partial charge in [-0.2, -0.15) is 13.2 Å². The summed E-state index contributed by atoms with van der Waals surface area (Å²) in [6, 6.07) is 5.12. The summed E-state index contributed by atoms with van der Waals surface area (Å²) in [4.78, 5) is 23.4. The second-order valence-corrected chi connectivity index (χ2v) is 7.38. The predicted molar refractivity (Wildman–Crippen MR) is 90.3 cm³/mol. The van der Waals surface area contributed by atoms with Gasteiger partial charge in [0.15, 0.2) is 5.78 Å². The molecule has 1 atom stereocenters. The van der Waals surface area contributed by atoms with Crippen molar-refractivity contribution in [3.63, 3.8) is 0 Å². The van der Waals surface area contributed by atoms with Gasteiger partial charge in [-0.25, -0.2) is 4.79 Å². The van der Waals surface area contributed by atoms with E-state index in [0.29, 0.717) is 17.9 Å². The van der Waals surface area contributed by atoms with E-state index < -0.39 is 17.5 Å². The molecule has 25 heavy (non-hydrogen) atoms. The topological polar surface area (TPSA) is 72.2 Å². The van der Waals surface area contributed by atoms with Crippen molar-refractivity contribution in [2.24, 2.45) is 11.7 Å². The summed E-state index contributed by atoms with van der Waals surface area (Å²) in [7, 11) is 0. The first-order chi connectivity index (χ1) is 11.7. The van der Waals surface area contributed by atoms with E-state index in [0.717, 1.165) is 25.7 Å². The zero-order chi connectivity index (χ0) is 18.4. The number of urea groups is 1. The molecule has 0 bridgehead atoms. The van der Waals surface area contributed by atoms with Crippen LogP contribution in [-0.4, -0.2) is 23.9 Å². The van der Waals surface area contributed by atoms with Gasteiger partial charge in [0.1, 0.15) is 0 Å². The van der Waals surface area contributed by atoms with E-state index in [1.54, 1.807) is 12.1 Å². The third kappa shape index (κ3) is 6.61. The smallest absolute Gasteiger partial charge is 0.352 e. The van der Waals surface area contributed by atoms with Gasteiger partial charge < -0.3 is 11.1 Å². The zero-order valence-electron chi connectivity index (χ0n) is 13.6. The van der Waals surface area contributed by atoms with Crippen molar-refractivity contribution < 1.29 is 22.8 Å². The Morgan fingerprint density at radius 1 is 1.20 bits per heavy atom. The molecule has 2 rings (SSSR count). The third-order valence-corrected chi connectivity index (χ3v) is 5.12. The molecule has 8 heteroatoms.